The van der Waals surface area contributed by atoms with E-state index >= 15 is 0 Å². The van der Waals surface area contributed by atoms with E-state index in [0.717, 1.165) is 16.4 Å². The van der Waals surface area contributed by atoms with E-state index in [2.05, 4.69) is 0 Å². The van der Waals surface area contributed by atoms with Gasteiger partial charge in [-0.2, -0.15) is 4.31 Å². The van der Waals surface area contributed by atoms with E-state index in [1.807, 2.05) is 0 Å². The molecule has 0 bridgehead atoms. The number of carbonyl (C=O) groups is 1. The average Bonchev–Trinajstić information content (AvgIpc) is 3.18. The molecule has 2 N–H and O–H groups in total. The molecule has 0 amide bonds. The van der Waals surface area contributed by atoms with Crippen LogP contribution in [0.1, 0.15) is 23.2 Å². The van der Waals surface area contributed by atoms with Gasteiger partial charge < -0.3 is 10.2 Å². The van der Waals surface area contributed by atoms with Crippen LogP contribution in [0.25, 0.3) is 0 Å². The fourth-order valence-electron chi connectivity index (χ4n) is 1.98. The third kappa shape index (κ3) is 3.32. The molecule has 1 aliphatic carbocycles. The molecule has 0 unspecified atom stereocenters. The maximum absolute atomic E-state index is 12.6. The van der Waals surface area contributed by atoms with Gasteiger partial charge in [0, 0.05) is 12.6 Å². The Labute approximate surface area is 131 Å². The van der Waals surface area contributed by atoms with Crippen LogP contribution >= 0.6 is 23.2 Å². The molecular formula is C12H13Cl2NO5S. The molecule has 1 saturated carbocycles. The van der Waals surface area contributed by atoms with E-state index in [4.69, 9.17) is 33.4 Å². The fraction of sp³-hybridized carbons (Fsp3) is 0.417. The first kappa shape index (κ1) is 16.5. The predicted octanol–water partition coefficient (Wildman–Crippen LogP) is 1.84. The van der Waals surface area contributed by atoms with Gasteiger partial charge in [0.15, 0.2) is 0 Å². The van der Waals surface area contributed by atoms with Gasteiger partial charge in [-0.15, -0.1) is 0 Å². The number of benzene rings is 1. The van der Waals surface area contributed by atoms with Crippen LogP contribution in [0.4, 0.5) is 0 Å². The molecule has 116 valence electrons. The van der Waals surface area contributed by atoms with Gasteiger partial charge in [0.25, 0.3) is 0 Å². The number of rotatable bonds is 6. The Hall–Kier alpha value is -0.860. The molecule has 1 aromatic rings. The van der Waals surface area contributed by atoms with Crippen molar-refractivity contribution in [3.8, 4) is 0 Å². The highest BCUT2D eigenvalue weighted by atomic mass is 35.5. The Bertz CT molecular complexity index is 672. The monoisotopic (exact) mass is 353 g/mol. The summed E-state index contributed by atoms with van der Waals surface area (Å²) in [5.41, 5.74) is -0.334. The maximum Gasteiger partial charge on any atom is 0.337 e. The van der Waals surface area contributed by atoms with Crippen LogP contribution in [0, 0.1) is 0 Å². The highest BCUT2D eigenvalue weighted by molar-refractivity contribution is 7.89. The first-order valence-electron chi connectivity index (χ1n) is 6.14. The summed E-state index contributed by atoms with van der Waals surface area (Å²) in [7, 11) is -3.98. The van der Waals surface area contributed by atoms with E-state index in [1.165, 1.54) is 0 Å². The first-order chi connectivity index (χ1) is 9.78. The number of aromatic carboxylic acids is 1. The van der Waals surface area contributed by atoms with Crippen molar-refractivity contribution >= 4 is 39.2 Å². The Balaban J connectivity index is 2.53. The molecule has 6 nitrogen and oxygen atoms in total. The molecule has 1 fully saturated rings. The van der Waals surface area contributed by atoms with E-state index in [0.29, 0.717) is 12.8 Å². The zero-order chi connectivity index (χ0) is 15.8. The van der Waals surface area contributed by atoms with Gasteiger partial charge in [0.2, 0.25) is 10.0 Å². The summed E-state index contributed by atoms with van der Waals surface area (Å²) >= 11 is 11.7. The number of aliphatic hydroxyl groups is 1. The second-order valence-corrected chi connectivity index (χ2v) is 7.31. The molecule has 1 aliphatic rings. The molecule has 0 aliphatic heterocycles. The van der Waals surface area contributed by atoms with E-state index in [9.17, 15) is 13.2 Å². The number of hydrogen-bond donors (Lipinski definition) is 2. The number of carboxylic acid groups (broad SMARTS) is 1. The summed E-state index contributed by atoms with van der Waals surface area (Å²) in [6.45, 7) is -0.388. The Kier molecular flexibility index (Phi) is 4.79. The average molecular weight is 354 g/mol. The topological polar surface area (TPSA) is 94.9 Å². The zero-order valence-corrected chi connectivity index (χ0v) is 13.1. The number of aliphatic hydroxyl groups excluding tert-OH is 1. The smallest absolute Gasteiger partial charge is 0.337 e. The van der Waals surface area contributed by atoms with Crippen molar-refractivity contribution in [1.82, 2.24) is 4.31 Å². The number of halogens is 2. The molecule has 0 spiro atoms. The van der Waals surface area contributed by atoms with Crippen LogP contribution < -0.4 is 0 Å². The van der Waals surface area contributed by atoms with Gasteiger partial charge in [0.05, 0.1) is 22.2 Å². The van der Waals surface area contributed by atoms with E-state index in [-0.39, 0.29) is 39.7 Å². The van der Waals surface area contributed by atoms with Crippen LogP contribution in [0.15, 0.2) is 17.0 Å². The number of sulfonamides is 1. The van der Waals surface area contributed by atoms with Gasteiger partial charge in [-0.25, -0.2) is 13.2 Å². The summed E-state index contributed by atoms with van der Waals surface area (Å²) < 4.78 is 26.4. The summed E-state index contributed by atoms with van der Waals surface area (Å²) in [5.74, 6) is -1.34. The molecule has 0 heterocycles. The summed E-state index contributed by atoms with van der Waals surface area (Å²) in [5, 5.41) is 17.8. The van der Waals surface area contributed by atoms with Gasteiger partial charge >= 0.3 is 5.97 Å². The fourth-order valence-corrected chi connectivity index (χ4v) is 4.48. The van der Waals surface area contributed by atoms with Gasteiger partial charge in [-0.3, -0.25) is 0 Å². The van der Waals surface area contributed by atoms with Crippen molar-refractivity contribution in [2.45, 2.75) is 23.8 Å². The van der Waals surface area contributed by atoms with Crippen LogP contribution in [0.2, 0.25) is 10.0 Å². The quantitative estimate of drug-likeness (QED) is 0.813. The molecule has 9 heteroatoms. The highest BCUT2D eigenvalue weighted by Gasteiger charge is 2.39. The van der Waals surface area contributed by atoms with Crippen molar-refractivity contribution in [3.63, 3.8) is 0 Å². The van der Waals surface area contributed by atoms with Crippen LogP contribution in [0.3, 0.4) is 0 Å². The third-order valence-corrected chi connectivity index (χ3v) is 5.84. The Morgan fingerprint density at radius 1 is 1.29 bits per heavy atom. The lowest BCUT2D eigenvalue weighted by Gasteiger charge is -2.21. The zero-order valence-electron chi connectivity index (χ0n) is 10.8. The molecule has 0 saturated heterocycles. The summed E-state index contributed by atoms with van der Waals surface area (Å²) in [6.07, 6.45) is 1.41. The third-order valence-electron chi connectivity index (χ3n) is 3.11. The van der Waals surface area contributed by atoms with Crippen molar-refractivity contribution < 1.29 is 23.4 Å². The van der Waals surface area contributed by atoms with Crippen molar-refractivity contribution in [2.75, 3.05) is 13.2 Å². The van der Waals surface area contributed by atoms with Gasteiger partial charge in [-0.05, 0) is 25.0 Å². The minimum Gasteiger partial charge on any atom is -0.478 e. The largest absolute Gasteiger partial charge is 0.478 e. The first-order valence-corrected chi connectivity index (χ1v) is 8.33. The molecule has 0 aromatic heterocycles. The van der Waals surface area contributed by atoms with Crippen LogP contribution in [-0.4, -0.2) is 48.1 Å². The lowest BCUT2D eigenvalue weighted by molar-refractivity contribution is 0.0697. The molecular weight excluding hydrogens is 341 g/mol. The minimum atomic E-state index is -3.98. The Morgan fingerprint density at radius 2 is 1.90 bits per heavy atom. The maximum atomic E-state index is 12.6. The Morgan fingerprint density at radius 3 is 2.38 bits per heavy atom. The second-order valence-electron chi connectivity index (χ2n) is 4.64. The summed E-state index contributed by atoms with van der Waals surface area (Å²) in [6, 6.07) is 1.88. The lowest BCUT2D eigenvalue weighted by atomic mass is 10.2. The van der Waals surface area contributed by atoms with E-state index < -0.39 is 16.0 Å². The molecule has 1 aromatic carbocycles. The molecule has 0 radical (unpaired) electrons. The lowest BCUT2D eigenvalue weighted by Crippen LogP contribution is -2.35. The molecule has 2 rings (SSSR count). The number of carboxylic acids is 1. The summed E-state index contributed by atoms with van der Waals surface area (Å²) in [4.78, 5) is 10.8. The van der Waals surface area contributed by atoms with Gasteiger partial charge in [0.1, 0.15) is 4.90 Å². The molecule has 0 atom stereocenters. The number of hydrogen-bond acceptors (Lipinski definition) is 4. The van der Waals surface area contributed by atoms with Crippen LogP contribution in [-0.2, 0) is 10.0 Å². The van der Waals surface area contributed by atoms with Gasteiger partial charge in [-0.1, -0.05) is 23.2 Å². The van der Waals surface area contributed by atoms with Crippen molar-refractivity contribution in [2.24, 2.45) is 0 Å². The van der Waals surface area contributed by atoms with Crippen molar-refractivity contribution in [1.29, 1.82) is 0 Å². The van der Waals surface area contributed by atoms with E-state index in [1.54, 1.807) is 0 Å². The SMILES string of the molecule is O=C(O)c1cc(S(=O)(=O)N(CCO)C2CC2)c(Cl)cc1Cl. The van der Waals surface area contributed by atoms with Crippen molar-refractivity contribution in [3.05, 3.63) is 27.7 Å². The van der Waals surface area contributed by atoms with Crippen LogP contribution in [0.5, 0.6) is 0 Å². The molecule has 21 heavy (non-hydrogen) atoms. The predicted molar refractivity (Wildman–Crippen MR) is 77.4 cm³/mol. The standard InChI is InChI=1S/C12H13Cl2NO5S/c13-9-6-10(14)11(5-8(9)12(17)18)21(19,20)15(3-4-16)7-1-2-7/h5-7,16H,1-4H2,(H,17,18). The minimum absolute atomic E-state index is 0.0612. The second kappa shape index (κ2) is 6.10. The normalized spacial score (nSPS) is 15.4. The highest BCUT2D eigenvalue weighted by Crippen LogP contribution is 2.36. The number of nitrogens with zero attached hydrogens (tertiary/aromatic N) is 1.